The SMILES string of the molecule is COC(=O)N1CCC[C@H]1C(=O)NC1c2cc(C#N)ccc2OC(C)(C)C1O. The molecule has 2 amide bonds. The molecule has 8 heteroatoms. The van der Waals surface area contributed by atoms with Gasteiger partial charge in [0.2, 0.25) is 5.91 Å². The lowest BCUT2D eigenvalue weighted by molar-refractivity contribution is -0.129. The Morgan fingerprint density at radius 3 is 2.85 bits per heavy atom. The molecule has 0 aromatic heterocycles. The maximum atomic E-state index is 12.9. The summed E-state index contributed by atoms with van der Waals surface area (Å²) in [5, 5.41) is 22.8. The van der Waals surface area contributed by atoms with Gasteiger partial charge in [0.25, 0.3) is 0 Å². The average molecular weight is 373 g/mol. The first kappa shape index (κ1) is 19.0. The third-order valence-corrected chi connectivity index (χ3v) is 5.14. The molecule has 0 aliphatic carbocycles. The van der Waals surface area contributed by atoms with Crippen molar-refractivity contribution in [2.45, 2.75) is 50.5 Å². The average Bonchev–Trinajstić information content (AvgIpc) is 3.14. The monoisotopic (exact) mass is 373 g/mol. The maximum absolute atomic E-state index is 12.9. The Morgan fingerprint density at radius 2 is 2.19 bits per heavy atom. The summed E-state index contributed by atoms with van der Waals surface area (Å²) in [7, 11) is 1.28. The molecule has 0 bridgehead atoms. The van der Waals surface area contributed by atoms with Crippen LogP contribution in [-0.2, 0) is 9.53 Å². The molecule has 2 aliphatic rings. The number of likely N-dealkylation sites (tertiary alicyclic amines) is 1. The van der Waals surface area contributed by atoms with Gasteiger partial charge in [0.05, 0.1) is 24.8 Å². The van der Waals surface area contributed by atoms with Gasteiger partial charge in [-0.2, -0.15) is 5.26 Å². The summed E-state index contributed by atoms with van der Waals surface area (Å²) in [6.45, 7) is 3.91. The summed E-state index contributed by atoms with van der Waals surface area (Å²) >= 11 is 0. The van der Waals surface area contributed by atoms with Crippen molar-refractivity contribution in [1.82, 2.24) is 10.2 Å². The van der Waals surface area contributed by atoms with Gasteiger partial charge in [0.1, 0.15) is 23.5 Å². The number of carbonyl (C=O) groups excluding carboxylic acids is 2. The predicted molar refractivity (Wildman–Crippen MR) is 94.9 cm³/mol. The van der Waals surface area contributed by atoms with Gasteiger partial charge in [-0.05, 0) is 44.9 Å². The van der Waals surface area contributed by atoms with Gasteiger partial charge in [-0.3, -0.25) is 9.69 Å². The molecule has 0 saturated carbocycles. The lowest BCUT2D eigenvalue weighted by atomic mass is 9.85. The van der Waals surface area contributed by atoms with E-state index in [-0.39, 0.29) is 5.91 Å². The second kappa shape index (κ2) is 7.08. The Bertz CT molecular complexity index is 801. The van der Waals surface area contributed by atoms with E-state index in [4.69, 9.17) is 9.47 Å². The number of nitrogens with one attached hydrogen (secondary N) is 1. The van der Waals surface area contributed by atoms with Crippen molar-refractivity contribution in [3.05, 3.63) is 29.3 Å². The standard InChI is InChI=1S/C19H23N3O5/c1-19(2)16(23)15(12-9-11(10-20)6-7-14(12)27-19)21-17(24)13-5-4-8-22(13)18(25)26-3/h6-7,9,13,15-16,23H,4-5,8H2,1-3H3,(H,21,24)/t13-,15?,16?/m0/s1. The first-order valence-electron chi connectivity index (χ1n) is 8.84. The van der Waals surface area contributed by atoms with E-state index < -0.39 is 29.9 Å². The Morgan fingerprint density at radius 1 is 1.44 bits per heavy atom. The molecule has 3 atom stereocenters. The zero-order chi connectivity index (χ0) is 19.8. The third kappa shape index (κ3) is 3.43. The van der Waals surface area contributed by atoms with Crippen molar-refractivity contribution < 1.29 is 24.2 Å². The Kier molecular flexibility index (Phi) is 4.98. The van der Waals surface area contributed by atoms with Gasteiger partial charge in [-0.15, -0.1) is 0 Å². The fraction of sp³-hybridized carbons (Fsp3) is 0.526. The van der Waals surface area contributed by atoms with Crippen LogP contribution in [0, 0.1) is 11.3 Å². The molecule has 2 N–H and O–H groups in total. The van der Waals surface area contributed by atoms with Crippen LogP contribution in [0.1, 0.15) is 43.9 Å². The molecule has 8 nitrogen and oxygen atoms in total. The summed E-state index contributed by atoms with van der Waals surface area (Å²) in [6.07, 6.45) is -0.359. The lowest BCUT2D eigenvalue weighted by Crippen LogP contribution is -2.56. The number of nitrogens with zero attached hydrogens (tertiary/aromatic N) is 2. The summed E-state index contributed by atoms with van der Waals surface area (Å²) in [5.41, 5.74) is 0.00832. The van der Waals surface area contributed by atoms with Crippen LogP contribution in [0.25, 0.3) is 0 Å². The van der Waals surface area contributed by atoms with Gasteiger partial charge in [0, 0.05) is 12.1 Å². The van der Waals surface area contributed by atoms with Crippen molar-refractivity contribution in [3.63, 3.8) is 0 Å². The van der Waals surface area contributed by atoms with E-state index in [0.29, 0.717) is 36.3 Å². The zero-order valence-corrected chi connectivity index (χ0v) is 15.6. The molecular formula is C19H23N3O5. The molecule has 144 valence electrons. The highest BCUT2D eigenvalue weighted by molar-refractivity contribution is 5.86. The molecule has 1 fully saturated rings. The van der Waals surface area contributed by atoms with E-state index in [2.05, 4.69) is 11.4 Å². The first-order chi connectivity index (χ1) is 12.8. The highest BCUT2D eigenvalue weighted by Crippen LogP contribution is 2.40. The van der Waals surface area contributed by atoms with E-state index in [0.717, 1.165) is 0 Å². The first-order valence-corrected chi connectivity index (χ1v) is 8.84. The van der Waals surface area contributed by atoms with Gasteiger partial charge in [0.15, 0.2) is 0 Å². The number of nitriles is 1. The summed E-state index contributed by atoms with van der Waals surface area (Å²) in [5.74, 6) is 0.138. The largest absolute Gasteiger partial charge is 0.485 e. The third-order valence-electron chi connectivity index (χ3n) is 5.14. The number of methoxy groups -OCH3 is 1. The van der Waals surface area contributed by atoms with Crippen LogP contribution in [0.15, 0.2) is 18.2 Å². The molecule has 2 aliphatic heterocycles. The van der Waals surface area contributed by atoms with Crippen molar-refractivity contribution in [3.8, 4) is 11.8 Å². The number of rotatable bonds is 2. The number of ether oxygens (including phenoxy) is 2. The minimum Gasteiger partial charge on any atom is -0.485 e. The Labute approximate surface area is 157 Å². The van der Waals surface area contributed by atoms with E-state index in [9.17, 15) is 20.0 Å². The van der Waals surface area contributed by atoms with Crippen LogP contribution in [0.4, 0.5) is 4.79 Å². The Balaban J connectivity index is 1.90. The fourth-order valence-corrected chi connectivity index (χ4v) is 3.65. The van der Waals surface area contributed by atoms with E-state index in [1.165, 1.54) is 12.0 Å². The fourth-order valence-electron chi connectivity index (χ4n) is 3.65. The quantitative estimate of drug-likeness (QED) is 0.812. The number of aliphatic hydroxyl groups excluding tert-OH is 1. The molecule has 1 aromatic rings. The highest BCUT2D eigenvalue weighted by atomic mass is 16.5. The van der Waals surface area contributed by atoms with E-state index in [1.807, 2.05) is 0 Å². The number of hydrogen-bond acceptors (Lipinski definition) is 6. The number of fused-ring (bicyclic) bond motifs is 1. The molecular weight excluding hydrogens is 350 g/mol. The molecule has 2 heterocycles. The number of carbonyl (C=O) groups is 2. The molecule has 1 saturated heterocycles. The van der Waals surface area contributed by atoms with Crippen LogP contribution in [0.5, 0.6) is 5.75 Å². The predicted octanol–water partition coefficient (Wildman–Crippen LogP) is 1.48. The second-order valence-electron chi connectivity index (χ2n) is 7.32. The number of aliphatic hydroxyl groups is 1. The highest BCUT2D eigenvalue weighted by Gasteiger charge is 2.45. The molecule has 0 radical (unpaired) electrons. The number of hydrogen-bond donors (Lipinski definition) is 2. The van der Waals surface area contributed by atoms with Crippen molar-refractivity contribution in [1.29, 1.82) is 5.26 Å². The van der Waals surface area contributed by atoms with Crippen molar-refractivity contribution in [2.24, 2.45) is 0 Å². The van der Waals surface area contributed by atoms with E-state index in [1.54, 1.807) is 32.0 Å². The smallest absolute Gasteiger partial charge is 0.410 e. The van der Waals surface area contributed by atoms with Crippen molar-refractivity contribution in [2.75, 3.05) is 13.7 Å². The van der Waals surface area contributed by atoms with E-state index >= 15 is 0 Å². The minimum atomic E-state index is -1.03. The summed E-state index contributed by atoms with van der Waals surface area (Å²) in [4.78, 5) is 26.2. The van der Waals surface area contributed by atoms with Crippen LogP contribution in [0.3, 0.4) is 0 Å². The summed E-state index contributed by atoms with van der Waals surface area (Å²) < 4.78 is 10.6. The lowest BCUT2D eigenvalue weighted by Gasteiger charge is -2.42. The van der Waals surface area contributed by atoms with Crippen LogP contribution in [0.2, 0.25) is 0 Å². The zero-order valence-electron chi connectivity index (χ0n) is 15.6. The van der Waals surface area contributed by atoms with Gasteiger partial charge in [-0.25, -0.2) is 4.79 Å². The van der Waals surface area contributed by atoms with Gasteiger partial charge >= 0.3 is 6.09 Å². The van der Waals surface area contributed by atoms with Gasteiger partial charge < -0.3 is 19.9 Å². The minimum absolute atomic E-state index is 0.368. The van der Waals surface area contributed by atoms with Crippen LogP contribution in [-0.4, -0.2) is 53.4 Å². The van der Waals surface area contributed by atoms with Crippen LogP contribution < -0.4 is 10.1 Å². The van der Waals surface area contributed by atoms with Crippen LogP contribution >= 0.6 is 0 Å². The summed E-state index contributed by atoms with van der Waals surface area (Å²) in [6, 6.07) is 5.53. The Hall–Kier alpha value is -2.79. The molecule has 2 unspecified atom stereocenters. The van der Waals surface area contributed by atoms with Crippen molar-refractivity contribution >= 4 is 12.0 Å². The molecule has 3 rings (SSSR count). The molecule has 27 heavy (non-hydrogen) atoms. The molecule has 0 spiro atoms. The number of benzene rings is 1. The van der Waals surface area contributed by atoms with Gasteiger partial charge in [-0.1, -0.05) is 0 Å². The normalized spacial score (nSPS) is 25.7. The maximum Gasteiger partial charge on any atom is 0.410 e. The number of amides is 2. The second-order valence-corrected chi connectivity index (χ2v) is 7.32. The molecule has 1 aromatic carbocycles. The topological polar surface area (TPSA) is 112 Å².